The van der Waals surface area contributed by atoms with Crippen molar-refractivity contribution in [3.63, 3.8) is 0 Å². The van der Waals surface area contributed by atoms with Gasteiger partial charge in [0.15, 0.2) is 0 Å². The first-order chi connectivity index (χ1) is 14.7. The molecule has 158 valence electrons. The molecule has 0 unspecified atom stereocenters. The molecule has 3 aromatic rings. The number of benzene rings is 2. The van der Waals surface area contributed by atoms with Crippen LogP contribution in [-0.2, 0) is 26.2 Å². The van der Waals surface area contributed by atoms with Crippen molar-refractivity contribution >= 4 is 22.5 Å². The molecule has 4 rings (SSSR count). The average Bonchev–Trinajstić information content (AvgIpc) is 3.22. The number of ether oxygens (including phenoxy) is 3. The third-order valence-corrected chi connectivity index (χ3v) is 6.02. The minimum atomic E-state index is -0.620. The molecule has 0 saturated carbocycles. The van der Waals surface area contributed by atoms with Gasteiger partial charge in [-0.15, -0.1) is 0 Å². The molecule has 0 aliphatic carbocycles. The number of carbonyl (C=O) groups excluding carboxylic acids is 1. The topological polar surface area (TPSA) is 61.7 Å². The minimum absolute atomic E-state index is 0.00751. The number of hydrogen-bond donors (Lipinski definition) is 1. The second-order valence-electron chi connectivity index (χ2n) is 7.62. The lowest BCUT2D eigenvalue weighted by molar-refractivity contribution is -0.125. The smallest absolute Gasteiger partial charge is 0.235 e. The summed E-state index contributed by atoms with van der Waals surface area (Å²) in [5.41, 5.74) is 2.28. The molecule has 2 aromatic carbocycles. The van der Waals surface area contributed by atoms with Crippen LogP contribution < -0.4 is 10.1 Å². The van der Waals surface area contributed by atoms with Crippen LogP contribution in [-0.4, -0.2) is 44.5 Å². The molecule has 1 aliphatic rings. The van der Waals surface area contributed by atoms with Gasteiger partial charge in [0.25, 0.3) is 0 Å². The van der Waals surface area contributed by atoms with Crippen molar-refractivity contribution < 1.29 is 19.0 Å². The van der Waals surface area contributed by atoms with Crippen LogP contribution in [0.25, 0.3) is 10.9 Å². The largest absolute Gasteiger partial charge is 0.497 e. The third-order valence-electron chi connectivity index (χ3n) is 6.02. The normalized spacial score (nSPS) is 15.8. The summed E-state index contributed by atoms with van der Waals surface area (Å²) in [5.74, 6) is 0.789. The summed E-state index contributed by atoms with van der Waals surface area (Å²) in [6.07, 6.45) is 3.33. The van der Waals surface area contributed by atoms with E-state index in [9.17, 15) is 4.79 Å². The van der Waals surface area contributed by atoms with Gasteiger partial charge in [-0.25, -0.2) is 0 Å². The fraction of sp³-hybridized carbons (Fsp3) is 0.375. The molecule has 1 fully saturated rings. The highest BCUT2D eigenvalue weighted by Gasteiger charge is 2.42. The van der Waals surface area contributed by atoms with Crippen molar-refractivity contribution in [3.8, 4) is 5.75 Å². The van der Waals surface area contributed by atoms with E-state index in [1.807, 2.05) is 48.7 Å². The zero-order valence-corrected chi connectivity index (χ0v) is 17.5. The molecule has 6 heteroatoms. The summed E-state index contributed by atoms with van der Waals surface area (Å²) in [6, 6.07) is 15.9. The van der Waals surface area contributed by atoms with E-state index in [0.29, 0.717) is 32.7 Å². The van der Waals surface area contributed by atoms with Gasteiger partial charge in [-0.2, -0.15) is 0 Å². The van der Waals surface area contributed by atoms with Gasteiger partial charge < -0.3 is 24.1 Å². The number of hydrogen-bond acceptors (Lipinski definition) is 4. The maximum Gasteiger partial charge on any atom is 0.235 e. The van der Waals surface area contributed by atoms with Crippen LogP contribution in [0.5, 0.6) is 5.75 Å². The number of nitrogens with zero attached hydrogens (tertiary/aromatic N) is 1. The van der Waals surface area contributed by atoms with E-state index in [4.69, 9.17) is 14.2 Å². The molecule has 1 amide bonds. The van der Waals surface area contributed by atoms with Crippen LogP contribution in [0.1, 0.15) is 18.4 Å². The molecule has 1 N–H and O–H groups in total. The lowest BCUT2D eigenvalue weighted by atomic mass is 9.73. The molecular formula is C24H28N2O4. The number of nitrogens with one attached hydrogen (secondary N) is 1. The molecule has 1 aliphatic heterocycles. The Morgan fingerprint density at radius 3 is 2.57 bits per heavy atom. The van der Waals surface area contributed by atoms with Gasteiger partial charge in [0.1, 0.15) is 5.75 Å². The zero-order chi connectivity index (χ0) is 21.0. The quantitative estimate of drug-likeness (QED) is 0.642. The van der Waals surface area contributed by atoms with Crippen molar-refractivity contribution in [2.45, 2.75) is 24.8 Å². The van der Waals surface area contributed by atoms with Crippen molar-refractivity contribution in [2.24, 2.45) is 0 Å². The van der Waals surface area contributed by atoms with Gasteiger partial charge in [0, 0.05) is 38.5 Å². The molecule has 0 spiro atoms. The Balaban J connectivity index is 1.65. The van der Waals surface area contributed by atoms with Crippen LogP contribution in [0.15, 0.2) is 54.7 Å². The van der Waals surface area contributed by atoms with Gasteiger partial charge in [0.2, 0.25) is 5.91 Å². The summed E-state index contributed by atoms with van der Waals surface area (Å²) >= 11 is 0. The van der Waals surface area contributed by atoms with Crippen molar-refractivity contribution in [2.75, 3.05) is 39.4 Å². The van der Waals surface area contributed by atoms with Gasteiger partial charge >= 0.3 is 0 Å². The lowest BCUT2D eigenvalue weighted by Gasteiger charge is -2.36. The molecule has 0 bridgehead atoms. The van der Waals surface area contributed by atoms with Gasteiger partial charge in [-0.05, 0) is 48.7 Å². The Kier molecular flexibility index (Phi) is 6.06. The van der Waals surface area contributed by atoms with Gasteiger partial charge in [-0.1, -0.05) is 18.2 Å². The number of anilines is 1. The monoisotopic (exact) mass is 408 g/mol. The highest BCUT2D eigenvalue weighted by Crippen LogP contribution is 2.37. The Morgan fingerprint density at radius 2 is 1.87 bits per heavy atom. The molecule has 30 heavy (non-hydrogen) atoms. The van der Waals surface area contributed by atoms with Gasteiger partial charge in [-0.3, -0.25) is 4.79 Å². The number of aromatic nitrogens is 1. The number of methoxy groups -OCH3 is 2. The van der Waals surface area contributed by atoms with Crippen LogP contribution in [0.2, 0.25) is 0 Å². The Hall–Kier alpha value is -2.83. The van der Waals surface area contributed by atoms with Gasteiger partial charge in [0.05, 0.1) is 30.3 Å². The lowest BCUT2D eigenvalue weighted by Crippen LogP contribution is -2.44. The summed E-state index contributed by atoms with van der Waals surface area (Å²) < 4.78 is 18.2. The number of fused-ring (bicyclic) bond motifs is 1. The minimum Gasteiger partial charge on any atom is -0.497 e. The maximum atomic E-state index is 13.6. The Morgan fingerprint density at radius 1 is 1.10 bits per heavy atom. The van der Waals surface area contributed by atoms with Crippen LogP contribution >= 0.6 is 0 Å². The Labute approximate surface area is 176 Å². The molecule has 6 nitrogen and oxygen atoms in total. The van der Waals surface area contributed by atoms with Crippen LogP contribution in [0, 0.1) is 0 Å². The first-order valence-electron chi connectivity index (χ1n) is 10.3. The van der Waals surface area contributed by atoms with Crippen molar-refractivity contribution in [3.05, 3.63) is 60.3 Å². The molecule has 0 atom stereocenters. The van der Waals surface area contributed by atoms with E-state index < -0.39 is 5.41 Å². The first-order valence-corrected chi connectivity index (χ1v) is 10.3. The molecule has 1 saturated heterocycles. The predicted molar refractivity (Wildman–Crippen MR) is 117 cm³/mol. The molecule has 1 aromatic heterocycles. The molecular weight excluding hydrogens is 380 g/mol. The summed E-state index contributed by atoms with van der Waals surface area (Å²) in [5, 5.41) is 4.25. The van der Waals surface area contributed by atoms with E-state index in [0.717, 1.165) is 34.4 Å². The second-order valence-corrected chi connectivity index (χ2v) is 7.62. The third kappa shape index (κ3) is 3.80. The highest BCUT2D eigenvalue weighted by molar-refractivity contribution is 6.05. The average molecular weight is 408 g/mol. The SMILES string of the molecule is COCCn1ccc2c(NC(=O)C3(c4ccc(OC)cc4)CCOCC3)cccc21. The summed E-state index contributed by atoms with van der Waals surface area (Å²) in [6.45, 7) is 2.54. The van der Waals surface area contributed by atoms with Crippen molar-refractivity contribution in [1.82, 2.24) is 4.57 Å². The second kappa shape index (κ2) is 8.90. The number of rotatable bonds is 7. The summed E-state index contributed by atoms with van der Waals surface area (Å²) in [4.78, 5) is 13.6. The number of carbonyl (C=O) groups is 1. The fourth-order valence-corrected chi connectivity index (χ4v) is 4.24. The molecule has 0 radical (unpaired) electrons. The van der Waals surface area contributed by atoms with Crippen LogP contribution in [0.4, 0.5) is 5.69 Å². The first kappa shape index (κ1) is 20.4. The van der Waals surface area contributed by atoms with E-state index in [1.165, 1.54) is 0 Å². The van der Waals surface area contributed by atoms with Crippen molar-refractivity contribution in [1.29, 1.82) is 0 Å². The van der Waals surface area contributed by atoms with E-state index in [1.54, 1.807) is 14.2 Å². The van der Waals surface area contributed by atoms with E-state index in [-0.39, 0.29) is 5.91 Å². The zero-order valence-electron chi connectivity index (χ0n) is 17.5. The predicted octanol–water partition coefficient (Wildman–Crippen LogP) is 3.98. The Bertz CT molecular complexity index is 1000. The highest BCUT2D eigenvalue weighted by atomic mass is 16.5. The maximum absolute atomic E-state index is 13.6. The molecule has 2 heterocycles. The summed E-state index contributed by atoms with van der Waals surface area (Å²) in [7, 11) is 3.34. The van der Waals surface area contributed by atoms with E-state index in [2.05, 4.69) is 16.0 Å². The fourth-order valence-electron chi connectivity index (χ4n) is 4.24. The standard InChI is InChI=1S/C24H28N2O4/c1-28-17-14-26-13-10-20-21(4-3-5-22(20)26)25-23(27)24(11-15-30-16-12-24)18-6-8-19(29-2)9-7-18/h3-10,13H,11-12,14-17H2,1-2H3,(H,25,27). The van der Waals surface area contributed by atoms with E-state index >= 15 is 0 Å². The van der Waals surface area contributed by atoms with Crippen LogP contribution in [0.3, 0.4) is 0 Å². The number of amides is 1.